The molecule has 3 aromatic rings. The molecule has 0 radical (unpaired) electrons. The molecule has 35 heavy (non-hydrogen) atoms. The molecule has 2 aromatic carbocycles. The number of nitro groups is 1. The molecule has 1 N–H and O–H groups in total. The number of ether oxygens (including phenoxy) is 1. The van der Waals surface area contributed by atoms with Crippen molar-refractivity contribution in [2.24, 2.45) is 0 Å². The first-order valence-electron chi connectivity index (χ1n) is 10.5. The Morgan fingerprint density at radius 1 is 1.20 bits per heavy atom. The molecular formula is C24H19N3O7S. The standard InChI is InChI=1S/C24H19N3O7S/c1-3-34-23(31)21-13(2)25-24(35-21)26-18(15-10-7-11-16(12-15)27(32)33)17(20(29)22(26)30)19(28)14-8-5-4-6-9-14/h4-12,18,28H,3H2,1-2H3/b19-17+/t18-/m1/s1. The van der Waals surface area contributed by atoms with Gasteiger partial charge in [0.1, 0.15) is 10.6 Å². The molecule has 0 bridgehead atoms. The van der Waals surface area contributed by atoms with Crippen LogP contribution in [0.2, 0.25) is 0 Å². The Kier molecular flexibility index (Phi) is 6.43. The van der Waals surface area contributed by atoms with Gasteiger partial charge in [0.05, 0.1) is 28.8 Å². The molecule has 0 aliphatic carbocycles. The number of non-ortho nitro benzene ring substituents is 1. The fourth-order valence-electron chi connectivity index (χ4n) is 3.78. The van der Waals surface area contributed by atoms with Crippen LogP contribution in [0.25, 0.3) is 5.76 Å². The second kappa shape index (κ2) is 9.47. The number of esters is 1. The Morgan fingerprint density at radius 2 is 1.91 bits per heavy atom. The minimum Gasteiger partial charge on any atom is -0.507 e. The van der Waals surface area contributed by atoms with Gasteiger partial charge in [-0.25, -0.2) is 9.78 Å². The number of aromatic nitrogens is 1. The zero-order chi connectivity index (χ0) is 25.3. The Hall–Kier alpha value is -4.38. The quantitative estimate of drug-likeness (QED) is 0.135. The van der Waals surface area contributed by atoms with Crippen molar-refractivity contribution in [3.05, 3.63) is 92.0 Å². The normalized spacial score (nSPS) is 17.0. The second-order valence-electron chi connectivity index (χ2n) is 7.52. The zero-order valence-electron chi connectivity index (χ0n) is 18.6. The lowest BCUT2D eigenvalue weighted by molar-refractivity contribution is -0.384. The number of carbonyl (C=O) groups excluding carboxylic acids is 3. The predicted octanol–water partition coefficient (Wildman–Crippen LogP) is 4.16. The highest BCUT2D eigenvalue weighted by Crippen LogP contribution is 2.44. The van der Waals surface area contributed by atoms with Crippen molar-refractivity contribution < 1.29 is 29.2 Å². The molecule has 1 fully saturated rings. The molecule has 1 saturated heterocycles. The molecule has 1 aromatic heterocycles. The van der Waals surface area contributed by atoms with Crippen LogP contribution in [-0.2, 0) is 14.3 Å². The van der Waals surface area contributed by atoms with E-state index in [4.69, 9.17) is 4.74 Å². The zero-order valence-corrected chi connectivity index (χ0v) is 19.4. The number of benzene rings is 2. The monoisotopic (exact) mass is 493 g/mol. The third-order valence-corrected chi connectivity index (χ3v) is 6.48. The molecule has 178 valence electrons. The van der Waals surface area contributed by atoms with Gasteiger partial charge >= 0.3 is 11.9 Å². The maximum absolute atomic E-state index is 13.2. The largest absolute Gasteiger partial charge is 0.507 e. The maximum Gasteiger partial charge on any atom is 0.350 e. The average molecular weight is 493 g/mol. The van der Waals surface area contributed by atoms with Crippen LogP contribution in [0.15, 0.2) is 60.2 Å². The number of thiazole rings is 1. The van der Waals surface area contributed by atoms with Crippen LogP contribution in [-0.4, -0.2) is 39.3 Å². The van der Waals surface area contributed by atoms with Crippen molar-refractivity contribution in [2.75, 3.05) is 11.5 Å². The molecule has 10 nitrogen and oxygen atoms in total. The number of aliphatic hydroxyl groups is 1. The van der Waals surface area contributed by atoms with Crippen LogP contribution in [0.4, 0.5) is 10.8 Å². The van der Waals surface area contributed by atoms with Crippen LogP contribution in [0.1, 0.15) is 39.5 Å². The van der Waals surface area contributed by atoms with Gasteiger partial charge in [-0.05, 0) is 19.4 Å². The van der Waals surface area contributed by atoms with Crippen molar-refractivity contribution in [3.8, 4) is 0 Å². The van der Waals surface area contributed by atoms with Gasteiger partial charge in [-0.3, -0.25) is 24.6 Å². The lowest BCUT2D eigenvalue weighted by Crippen LogP contribution is -2.29. The van der Waals surface area contributed by atoms with Gasteiger partial charge in [-0.15, -0.1) is 0 Å². The number of aliphatic hydroxyl groups excluding tert-OH is 1. The minimum atomic E-state index is -1.21. The average Bonchev–Trinajstić information content (AvgIpc) is 3.36. The number of carbonyl (C=O) groups is 3. The molecule has 0 unspecified atom stereocenters. The summed E-state index contributed by atoms with van der Waals surface area (Å²) >= 11 is 0.858. The number of rotatable bonds is 6. The minimum absolute atomic E-state index is 0.0243. The second-order valence-corrected chi connectivity index (χ2v) is 8.50. The van der Waals surface area contributed by atoms with E-state index in [0.717, 1.165) is 16.2 Å². The number of aryl methyl sites for hydroxylation is 1. The van der Waals surface area contributed by atoms with Crippen molar-refractivity contribution in [3.63, 3.8) is 0 Å². The van der Waals surface area contributed by atoms with Crippen LogP contribution in [0.5, 0.6) is 0 Å². The van der Waals surface area contributed by atoms with E-state index in [2.05, 4.69) is 4.98 Å². The summed E-state index contributed by atoms with van der Waals surface area (Å²) in [5, 5.41) is 22.5. The Bertz CT molecular complexity index is 1380. The first-order valence-corrected chi connectivity index (χ1v) is 11.3. The summed E-state index contributed by atoms with van der Waals surface area (Å²) in [4.78, 5) is 55.0. The predicted molar refractivity (Wildman–Crippen MR) is 127 cm³/mol. The van der Waals surface area contributed by atoms with Crippen molar-refractivity contribution in [1.82, 2.24) is 4.98 Å². The van der Waals surface area contributed by atoms with E-state index in [1.165, 1.54) is 24.3 Å². The van der Waals surface area contributed by atoms with E-state index in [9.17, 15) is 29.6 Å². The molecule has 2 heterocycles. The van der Waals surface area contributed by atoms with Crippen LogP contribution in [0.3, 0.4) is 0 Å². The van der Waals surface area contributed by atoms with Gasteiger partial charge in [0.2, 0.25) is 0 Å². The summed E-state index contributed by atoms with van der Waals surface area (Å²) in [6.45, 7) is 3.36. The Morgan fingerprint density at radius 3 is 2.57 bits per heavy atom. The van der Waals surface area contributed by atoms with E-state index >= 15 is 0 Å². The molecule has 1 aliphatic rings. The maximum atomic E-state index is 13.2. The van der Waals surface area contributed by atoms with Gasteiger partial charge in [0.25, 0.3) is 11.5 Å². The molecule has 4 rings (SSSR count). The summed E-state index contributed by atoms with van der Waals surface area (Å²) < 4.78 is 5.04. The third kappa shape index (κ3) is 4.28. The number of nitro benzene ring substituents is 1. The van der Waals surface area contributed by atoms with Crippen molar-refractivity contribution >= 4 is 45.6 Å². The number of anilines is 1. The number of Topliss-reactive ketones (excluding diaryl/α,β-unsaturated/α-hetero) is 1. The van der Waals surface area contributed by atoms with E-state index < -0.39 is 34.4 Å². The summed E-state index contributed by atoms with van der Waals surface area (Å²) in [6, 6.07) is 12.4. The number of ketones is 1. The summed E-state index contributed by atoms with van der Waals surface area (Å²) in [5.74, 6) is -3.01. The van der Waals surface area contributed by atoms with Gasteiger partial charge in [-0.1, -0.05) is 53.8 Å². The molecule has 0 saturated carbocycles. The van der Waals surface area contributed by atoms with Gasteiger partial charge in [0.15, 0.2) is 5.13 Å². The van der Waals surface area contributed by atoms with Crippen LogP contribution >= 0.6 is 11.3 Å². The van der Waals surface area contributed by atoms with Crippen LogP contribution < -0.4 is 4.90 Å². The molecule has 1 atom stereocenters. The smallest absolute Gasteiger partial charge is 0.350 e. The first-order chi connectivity index (χ1) is 16.7. The van der Waals surface area contributed by atoms with E-state index in [1.54, 1.807) is 44.2 Å². The fraction of sp³-hybridized carbons (Fsp3) is 0.167. The molecule has 0 spiro atoms. The molecular weight excluding hydrogens is 474 g/mol. The van der Waals surface area contributed by atoms with Gasteiger partial charge in [0, 0.05) is 17.7 Å². The lowest BCUT2D eigenvalue weighted by Gasteiger charge is -2.22. The Labute approximate surface area is 203 Å². The summed E-state index contributed by atoms with van der Waals surface area (Å²) in [5.41, 5.74) is 0.318. The SMILES string of the molecule is CCOC(=O)c1sc(N2C(=O)C(=O)/C(=C(/O)c3ccccc3)[C@H]2c2cccc([N+](=O)[O-])c2)nc1C. The van der Waals surface area contributed by atoms with Crippen molar-refractivity contribution in [2.45, 2.75) is 19.9 Å². The summed E-state index contributed by atoms with van der Waals surface area (Å²) in [6.07, 6.45) is 0. The topological polar surface area (TPSA) is 140 Å². The summed E-state index contributed by atoms with van der Waals surface area (Å²) in [7, 11) is 0. The number of hydrogen-bond donors (Lipinski definition) is 1. The van der Waals surface area contributed by atoms with E-state index in [-0.39, 0.29) is 33.4 Å². The molecule has 11 heteroatoms. The van der Waals surface area contributed by atoms with Crippen LogP contribution in [0, 0.1) is 17.0 Å². The van der Waals surface area contributed by atoms with E-state index in [0.29, 0.717) is 11.3 Å². The van der Waals surface area contributed by atoms with Gasteiger partial charge in [-0.2, -0.15) is 0 Å². The Balaban J connectivity index is 1.94. The van der Waals surface area contributed by atoms with Crippen molar-refractivity contribution in [1.29, 1.82) is 0 Å². The highest BCUT2D eigenvalue weighted by molar-refractivity contribution is 7.17. The lowest BCUT2D eigenvalue weighted by atomic mass is 9.95. The molecule has 1 aliphatic heterocycles. The fourth-order valence-corrected chi connectivity index (χ4v) is 4.76. The van der Waals surface area contributed by atoms with Gasteiger partial charge < -0.3 is 9.84 Å². The third-order valence-electron chi connectivity index (χ3n) is 5.34. The number of hydrogen-bond acceptors (Lipinski definition) is 9. The molecule has 1 amide bonds. The number of nitrogens with zero attached hydrogens (tertiary/aromatic N) is 3. The first kappa shape index (κ1) is 23.8. The van der Waals surface area contributed by atoms with E-state index in [1.807, 2.05) is 0 Å². The highest BCUT2D eigenvalue weighted by atomic mass is 32.1. The number of amides is 1. The highest BCUT2D eigenvalue weighted by Gasteiger charge is 2.48.